The molecule has 0 aliphatic carbocycles. The molecule has 0 amide bonds. The highest BCUT2D eigenvalue weighted by atomic mass is 32.2. The van der Waals surface area contributed by atoms with Gasteiger partial charge in [0.15, 0.2) is 5.25 Å². The molecular formula is C17H21S+. The van der Waals surface area contributed by atoms with Crippen LogP contribution in [0.1, 0.15) is 37.1 Å². The Morgan fingerprint density at radius 1 is 0.722 bits per heavy atom. The van der Waals surface area contributed by atoms with Crippen molar-refractivity contribution in [3.05, 3.63) is 71.8 Å². The monoisotopic (exact) mass is 257 g/mol. The molecule has 0 saturated carbocycles. The second-order valence-corrected chi connectivity index (χ2v) is 7.64. The molecule has 94 valence electrons. The van der Waals surface area contributed by atoms with E-state index in [1.807, 2.05) is 0 Å². The summed E-state index contributed by atoms with van der Waals surface area (Å²) < 4.78 is 0.302. The van der Waals surface area contributed by atoms with Gasteiger partial charge in [0.25, 0.3) is 0 Å². The minimum atomic E-state index is 0.302. The fourth-order valence-electron chi connectivity index (χ4n) is 2.00. The average molecular weight is 257 g/mol. The first-order chi connectivity index (χ1) is 8.56. The summed E-state index contributed by atoms with van der Waals surface area (Å²) in [6, 6.07) is 21.6. The summed E-state index contributed by atoms with van der Waals surface area (Å²) in [6.07, 6.45) is 0. The largest absolute Gasteiger partial charge is 0.166 e. The van der Waals surface area contributed by atoms with Gasteiger partial charge in [0.2, 0.25) is 0 Å². The molecule has 2 aromatic rings. The van der Waals surface area contributed by atoms with Gasteiger partial charge in [0.1, 0.15) is 4.75 Å². The van der Waals surface area contributed by atoms with Crippen LogP contribution in [-0.4, -0.2) is 4.75 Å². The average Bonchev–Trinajstić information content (AvgIpc) is 2.37. The molecule has 0 aliphatic rings. The molecule has 0 saturated heterocycles. The fraction of sp³-hybridized carbons (Fsp3) is 0.294. The van der Waals surface area contributed by atoms with Gasteiger partial charge < -0.3 is 0 Å². The van der Waals surface area contributed by atoms with Crippen molar-refractivity contribution in [2.75, 3.05) is 0 Å². The van der Waals surface area contributed by atoms with Crippen LogP contribution in [0.4, 0.5) is 0 Å². The Hall–Kier alpha value is -1.21. The molecule has 0 atom stereocenters. The summed E-state index contributed by atoms with van der Waals surface area (Å²) in [7, 11) is 0. The van der Waals surface area contributed by atoms with Crippen LogP contribution < -0.4 is 0 Å². The Bertz CT molecular complexity index is 428. The lowest BCUT2D eigenvalue weighted by Gasteiger charge is -2.18. The van der Waals surface area contributed by atoms with E-state index in [4.69, 9.17) is 0 Å². The molecule has 18 heavy (non-hydrogen) atoms. The van der Waals surface area contributed by atoms with E-state index in [1.165, 1.54) is 22.9 Å². The first kappa shape index (κ1) is 13.2. The summed E-state index contributed by atoms with van der Waals surface area (Å²) in [5.41, 5.74) is 2.81. The Kier molecular flexibility index (Phi) is 4.13. The van der Waals surface area contributed by atoms with Crippen LogP contribution in [0.5, 0.6) is 0 Å². The van der Waals surface area contributed by atoms with Gasteiger partial charge in [-0.15, -0.1) is 0 Å². The van der Waals surface area contributed by atoms with Crippen molar-refractivity contribution in [1.82, 2.24) is 0 Å². The quantitative estimate of drug-likeness (QED) is 0.565. The van der Waals surface area contributed by atoms with Gasteiger partial charge in [0, 0.05) is 11.1 Å². The Morgan fingerprint density at radius 3 is 1.44 bits per heavy atom. The van der Waals surface area contributed by atoms with Crippen LogP contribution >= 0.6 is 0 Å². The Morgan fingerprint density at radius 2 is 1.11 bits per heavy atom. The van der Waals surface area contributed by atoms with E-state index in [-0.39, 0.29) is 0 Å². The van der Waals surface area contributed by atoms with E-state index in [9.17, 15) is 0 Å². The van der Waals surface area contributed by atoms with Crippen molar-refractivity contribution in [2.45, 2.75) is 30.8 Å². The molecular weight excluding hydrogens is 236 g/mol. The maximum Gasteiger partial charge on any atom is 0.166 e. The maximum absolute atomic E-state index is 2.30. The molecule has 2 aromatic carbocycles. The molecule has 0 unspecified atom stereocenters. The molecule has 0 aliphatic heterocycles. The summed E-state index contributed by atoms with van der Waals surface area (Å²) in [5.74, 6) is 0. The number of benzene rings is 2. The Balaban J connectivity index is 2.36. The topological polar surface area (TPSA) is 0 Å². The third kappa shape index (κ3) is 3.64. The molecule has 0 bridgehead atoms. The number of hydrogen-bond acceptors (Lipinski definition) is 0. The van der Waals surface area contributed by atoms with Crippen molar-refractivity contribution < 1.29 is 0 Å². The van der Waals surface area contributed by atoms with E-state index < -0.39 is 0 Å². The fourth-order valence-corrected chi connectivity index (χ4v) is 3.42. The highest BCUT2D eigenvalue weighted by Gasteiger charge is 2.30. The van der Waals surface area contributed by atoms with Gasteiger partial charge in [-0.1, -0.05) is 60.7 Å². The first-order valence-corrected chi connectivity index (χ1v) is 7.34. The van der Waals surface area contributed by atoms with Gasteiger partial charge in [0.05, 0.1) is 0 Å². The minimum absolute atomic E-state index is 0.302. The van der Waals surface area contributed by atoms with Gasteiger partial charge in [-0.05, 0) is 32.5 Å². The van der Waals surface area contributed by atoms with Crippen LogP contribution in [0.15, 0.2) is 60.7 Å². The third-order valence-corrected chi connectivity index (χ3v) is 4.38. The van der Waals surface area contributed by atoms with Crippen LogP contribution in [0, 0.1) is 0 Å². The normalized spacial score (nSPS) is 11.8. The lowest BCUT2D eigenvalue weighted by Crippen LogP contribution is -2.22. The van der Waals surface area contributed by atoms with E-state index in [1.54, 1.807) is 0 Å². The predicted molar refractivity (Wildman–Crippen MR) is 83.2 cm³/mol. The maximum atomic E-state index is 2.30. The third-order valence-electron chi connectivity index (χ3n) is 2.75. The molecule has 1 heteroatoms. The second kappa shape index (κ2) is 5.62. The van der Waals surface area contributed by atoms with Gasteiger partial charge in [-0.2, -0.15) is 0 Å². The summed E-state index contributed by atoms with van der Waals surface area (Å²) in [4.78, 5) is 0. The molecule has 2 rings (SSSR count). The minimum Gasteiger partial charge on any atom is -0.0622 e. The first-order valence-electron chi connectivity index (χ1n) is 6.38. The molecule has 0 fully saturated rings. The number of thiol groups is 1. The summed E-state index contributed by atoms with van der Waals surface area (Å²) >= 11 is 1.45. The highest BCUT2D eigenvalue weighted by molar-refractivity contribution is 7.80. The van der Waals surface area contributed by atoms with E-state index in [2.05, 4.69) is 81.4 Å². The second-order valence-electron chi connectivity index (χ2n) is 5.52. The zero-order chi connectivity index (χ0) is 13.0. The van der Waals surface area contributed by atoms with Crippen molar-refractivity contribution in [2.24, 2.45) is 0 Å². The van der Waals surface area contributed by atoms with Crippen LogP contribution in [0.25, 0.3) is 0 Å². The standard InChI is InChI=1S/C17H20S/c1-17(2,3)18-16(14-10-6-4-7-11-14)15-12-8-5-9-13-15/h4-13,16H,1-3H3/p+1. The van der Waals surface area contributed by atoms with Gasteiger partial charge >= 0.3 is 0 Å². The Labute approximate surface area is 114 Å². The summed E-state index contributed by atoms with van der Waals surface area (Å²) in [5, 5.41) is 0.465. The van der Waals surface area contributed by atoms with Crippen molar-refractivity contribution in [3.63, 3.8) is 0 Å². The molecule has 0 radical (unpaired) electrons. The van der Waals surface area contributed by atoms with Crippen molar-refractivity contribution >= 4 is 11.8 Å². The van der Waals surface area contributed by atoms with E-state index in [0.717, 1.165) is 0 Å². The molecule has 0 N–H and O–H groups in total. The lowest BCUT2D eigenvalue weighted by atomic mass is 10.0. The van der Waals surface area contributed by atoms with Crippen molar-refractivity contribution in [3.8, 4) is 0 Å². The molecule has 0 heterocycles. The number of rotatable bonds is 3. The van der Waals surface area contributed by atoms with E-state index >= 15 is 0 Å². The van der Waals surface area contributed by atoms with E-state index in [0.29, 0.717) is 10.00 Å². The van der Waals surface area contributed by atoms with Gasteiger partial charge in [-0.25, -0.2) is 0 Å². The van der Waals surface area contributed by atoms with Crippen LogP contribution in [0.2, 0.25) is 0 Å². The van der Waals surface area contributed by atoms with Crippen LogP contribution in [-0.2, 0) is 11.8 Å². The van der Waals surface area contributed by atoms with Gasteiger partial charge in [-0.3, -0.25) is 0 Å². The van der Waals surface area contributed by atoms with Crippen LogP contribution in [0.3, 0.4) is 0 Å². The molecule has 0 spiro atoms. The number of hydrogen-bond donors (Lipinski definition) is 0. The van der Waals surface area contributed by atoms with Crippen molar-refractivity contribution in [1.29, 1.82) is 0 Å². The highest BCUT2D eigenvalue weighted by Crippen LogP contribution is 2.30. The lowest BCUT2D eigenvalue weighted by molar-refractivity contribution is 0.793. The zero-order valence-corrected chi connectivity index (χ0v) is 12.2. The smallest absolute Gasteiger partial charge is 0.0622 e. The molecule has 0 nitrogen and oxygen atoms in total. The SMILES string of the molecule is CC(C)(C)[SH+]C(c1ccccc1)c1ccccc1. The predicted octanol–water partition coefficient (Wildman–Crippen LogP) is 4.39. The zero-order valence-electron chi connectivity index (χ0n) is 11.3. The molecule has 0 aromatic heterocycles. The summed E-state index contributed by atoms with van der Waals surface area (Å²) in [6.45, 7) is 6.90.